The molecule has 24 heavy (non-hydrogen) atoms. The summed E-state index contributed by atoms with van der Waals surface area (Å²) >= 11 is 3.49. The monoisotopic (exact) mass is 479 g/mol. The predicted octanol–water partition coefficient (Wildman–Crippen LogP) is 3.43. The number of thiazole rings is 2. The topological polar surface area (TPSA) is 62.2 Å². The van der Waals surface area contributed by atoms with E-state index in [0.717, 1.165) is 55.6 Å². The molecule has 0 fully saturated rings. The van der Waals surface area contributed by atoms with Crippen molar-refractivity contribution in [1.82, 2.24) is 20.6 Å². The fourth-order valence-electron chi connectivity index (χ4n) is 2.06. The number of hydrogen-bond acceptors (Lipinski definition) is 5. The van der Waals surface area contributed by atoms with E-state index in [-0.39, 0.29) is 24.0 Å². The highest BCUT2D eigenvalue weighted by Gasteiger charge is 2.02. The van der Waals surface area contributed by atoms with E-state index in [4.69, 9.17) is 0 Å². The zero-order valence-electron chi connectivity index (χ0n) is 14.5. The number of rotatable bonds is 8. The maximum atomic E-state index is 4.62. The van der Waals surface area contributed by atoms with Crippen LogP contribution >= 0.6 is 46.7 Å². The molecule has 0 atom stereocenters. The van der Waals surface area contributed by atoms with Crippen LogP contribution in [-0.2, 0) is 19.3 Å². The maximum absolute atomic E-state index is 4.62. The van der Waals surface area contributed by atoms with Gasteiger partial charge in [0.05, 0.1) is 15.7 Å². The molecule has 0 spiro atoms. The van der Waals surface area contributed by atoms with Crippen LogP contribution in [0.4, 0.5) is 0 Å². The quantitative estimate of drug-likeness (QED) is 0.346. The van der Waals surface area contributed by atoms with E-state index in [1.165, 1.54) is 9.88 Å². The van der Waals surface area contributed by atoms with Gasteiger partial charge in [-0.2, -0.15) is 0 Å². The van der Waals surface area contributed by atoms with E-state index in [9.17, 15) is 0 Å². The SMILES string of the molecule is CCNC(=NCCc1ncc(CC)s1)NCCc1csc(C)n1.I. The molecule has 0 aliphatic heterocycles. The average Bonchev–Trinajstić information content (AvgIpc) is 3.16. The third-order valence-corrected chi connectivity index (χ3v) is 5.25. The zero-order valence-corrected chi connectivity index (χ0v) is 18.4. The van der Waals surface area contributed by atoms with Crippen molar-refractivity contribution < 1.29 is 0 Å². The van der Waals surface area contributed by atoms with Crippen molar-refractivity contribution in [2.45, 2.75) is 40.0 Å². The minimum absolute atomic E-state index is 0. The van der Waals surface area contributed by atoms with E-state index in [0.29, 0.717) is 0 Å². The van der Waals surface area contributed by atoms with Crippen molar-refractivity contribution in [2.75, 3.05) is 19.6 Å². The minimum Gasteiger partial charge on any atom is -0.357 e. The lowest BCUT2D eigenvalue weighted by Crippen LogP contribution is -2.38. The second kappa shape index (κ2) is 11.8. The van der Waals surface area contributed by atoms with Crippen LogP contribution < -0.4 is 10.6 Å². The van der Waals surface area contributed by atoms with Crippen molar-refractivity contribution in [2.24, 2.45) is 4.99 Å². The number of guanidine groups is 1. The van der Waals surface area contributed by atoms with Gasteiger partial charge in [0.1, 0.15) is 0 Å². The summed E-state index contributed by atoms with van der Waals surface area (Å²) in [7, 11) is 0. The molecule has 0 aliphatic rings. The Bertz CT molecular complexity index is 624. The van der Waals surface area contributed by atoms with Crippen LogP contribution in [0.15, 0.2) is 16.6 Å². The van der Waals surface area contributed by atoms with Crippen LogP contribution in [0.5, 0.6) is 0 Å². The predicted molar refractivity (Wildman–Crippen MR) is 115 cm³/mol. The third kappa shape index (κ3) is 7.43. The molecule has 0 bridgehead atoms. The van der Waals surface area contributed by atoms with Crippen LogP contribution in [0, 0.1) is 6.92 Å². The molecule has 2 aromatic rings. The van der Waals surface area contributed by atoms with Gasteiger partial charge in [-0.3, -0.25) is 4.99 Å². The summed E-state index contributed by atoms with van der Waals surface area (Å²) in [5.74, 6) is 0.867. The Labute approximate surface area is 169 Å². The molecule has 2 rings (SSSR count). The number of nitrogens with one attached hydrogen (secondary N) is 2. The standard InChI is InChI=1S/C16H25N5S2.HI/c1-4-14-10-20-15(23-14)7-9-19-16(17-5-2)18-8-6-13-11-22-12(3)21-13;/h10-11H,4-9H2,1-3H3,(H2,17,18,19);1H. The second-order valence-electron chi connectivity index (χ2n) is 5.12. The fraction of sp³-hybridized carbons (Fsp3) is 0.562. The van der Waals surface area contributed by atoms with Gasteiger partial charge in [0, 0.05) is 48.9 Å². The fourth-order valence-corrected chi connectivity index (χ4v) is 3.56. The van der Waals surface area contributed by atoms with E-state index >= 15 is 0 Å². The zero-order chi connectivity index (χ0) is 16.5. The largest absolute Gasteiger partial charge is 0.357 e. The summed E-state index contributed by atoms with van der Waals surface area (Å²) in [5, 5.41) is 11.1. The Morgan fingerprint density at radius 1 is 1.25 bits per heavy atom. The van der Waals surface area contributed by atoms with E-state index in [1.807, 2.05) is 13.1 Å². The molecule has 2 N–H and O–H groups in total. The number of nitrogens with zero attached hydrogens (tertiary/aromatic N) is 3. The minimum atomic E-state index is 0. The molecule has 0 aliphatic carbocycles. The Hall–Kier alpha value is -0.740. The van der Waals surface area contributed by atoms with Gasteiger partial charge in [0.25, 0.3) is 0 Å². The summed E-state index contributed by atoms with van der Waals surface area (Å²) in [6.45, 7) is 8.73. The first-order chi connectivity index (χ1) is 11.2. The van der Waals surface area contributed by atoms with Crippen LogP contribution in [0.2, 0.25) is 0 Å². The molecular formula is C16H26IN5S2. The molecule has 0 amide bonds. The molecule has 0 saturated carbocycles. The lowest BCUT2D eigenvalue weighted by molar-refractivity contribution is 0.787. The summed E-state index contributed by atoms with van der Waals surface area (Å²) in [5.41, 5.74) is 1.14. The van der Waals surface area contributed by atoms with Gasteiger partial charge in [-0.05, 0) is 20.3 Å². The van der Waals surface area contributed by atoms with Crippen LogP contribution in [0.1, 0.15) is 34.4 Å². The maximum Gasteiger partial charge on any atom is 0.191 e. The van der Waals surface area contributed by atoms with Crippen molar-refractivity contribution in [1.29, 1.82) is 0 Å². The number of hydrogen-bond donors (Lipinski definition) is 2. The van der Waals surface area contributed by atoms with E-state index in [1.54, 1.807) is 22.7 Å². The molecule has 2 heterocycles. The smallest absolute Gasteiger partial charge is 0.191 e. The lowest BCUT2D eigenvalue weighted by atomic mass is 10.3. The van der Waals surface area contributed by atoms with Gasteiger partial charge in [-0.1, -0.05) is 6.92 Å². The van der Waals surface area contributed by atoms with E-state index < -0.39 is 0 Å². The highest BCUT2D eigenvalue weighted by atomic mass is 127. The Morgan fingerprint density at radius 2 is 2.08 bits per heavy atom. The Kier molecular flexibility index (Phi) is 10.4. The number of halogens is 1. The van der Waals surface area contributed by atoms with Crippen molar-refractivity contribution >= 4 is 52.6 Å². The Morgan fingerprint density at radius 3 is 2.71 bits per heavy atom. The number of aryl methyl sites for hydroxylation is 2. The molecule has 0 radical (unpaired) electrons. The van der Waals surface area contributed by atoms with Crippen LogP contribution in [0.3, 0.4) is 0 Å². The highest BCUT2D eigenvalue weighted by Crippen LogP contribution is 2.13. The van der Waals surface area contributed by atoms with Crippen molar-refractivity contribution in [3.05, 3.63) is 32.2 Å². The van der Waals surface area contributed by atoms with E-state index in [2.05, 4.69) is 44.8 Å². The van der Waals surface area contributed by atoms with Crippen molar-refractivity contribution in [3.8, 4) is 0 Å². The molecule has 8 heteroatoms. The summed E-state index contributed by atoms with van der Waals surface area (Å²) in [4.78, 5) is 14.9. The first kappa shape index (κ1) is 21.3. The molecule has 0 aromatic carbocycles. The van der Waals surface area contributed by atoms with Gasteiger partial charge < -0.3 is 10.6 Å². The second-order valence-corrected chi connectivity index (χ2v) is 7.38. The van der Waals surface area contributed by atoms with Gasteiger partial charge in [0.15, 0.2) is 5.96 Å². The molecule has 0 unspecified atom stereocenters. The van der Waals surface area contributed by atoms with Crippen LogP contribution in [-0.4, -0.2) is 35.6 Å². The van der Waals surface area contributed by atoms with Gasteiger partial charge in [-0.15, -0.1) is 46.7 Å². The Balaban J connectivity index is 0.00000288. The molecule has 134 valence electrons. The third-order valence-electron chi connectivity index (χ3n) is 3.23. The lowest BCUT2D eigenvalue weighted by Gasteiger charge is -2.10. The highest BCUT2D eigenvalue weighted by molar-refractivity contribution is 14.0. The van der Waals surface area contributed by atoms with Crippen molar-refractivity contribution in [3.63, 3.8) is 0 Å². The summed E-state index contributed by atoms with van der Waals surface area (Å²) in [6.07, 6.45) is 4.85. The van der Waals surface area contributed by atoms with Gasteiger partial charge in [0.2, 0.25) is 0 Å². The van der Waals surface area contributed by atoms with Crippen LogP contribution in [0.25, 0.3) is 0 Å². The molecule has 5 nitrogen and oxygen atoms in total. The first-order valence-corrected chi connectivity index (χ1v) is 9.77. The summed E-state index contributed by atoms with van der Waals surface area (Å²) < 4.78 is 0. The normalized spacial score (nSPS) is 11.2. The first-order valence-electron chi connectivity index (χ1n) is 8.08. The average molecular weight is 479 g/mol. The molecule has 0 saturated heterocycles. The number of aromatic nitrogens is 2. The van der Waals surface area contributed by atoms with Gasteiger partial charge in [-0.25, -0.2) is 9.97 Å². The number of aliphatic imine (C=N–C) groups is 1. The summed E-state index contributed by atoms with van der Waals surface area (Å²) in [6, 6.07) is 0. The molecule has 2 aromatic heterocycles. The van der Waals surface area contributed by atoms with Gasteiger partial charge >= 0.3 is 0 Å². The molecular weight excluding hydrogens is 453 g/mol.